The lowest BCUT2D eigenvalue weighted by molar-refractivity contribution is 0.0698. The molecule has 0 saturated heterocycles. The minimum Gasteiger partial charge on any atom is -0.478 e. The Morgan fingerprint density at radius 1 is 1.10 bits per heavy atom. The van der Waals surface area contributed by atoms with Gasteiger partial charge in [-0.3, -0.25) is 4.98 Å². The van der Waals surface area contributed by atoms with Crippen LogP contribution in [0, 0.1) is 0 Å². The van der Waals surface area contributed by atoms with E-state index in [1.165, 1.54) is 12.1 Å². The highest BCUT2D eigenvalue weighted by molar-refractivity contribution is 5.99. The van der Waals surface area contributed by atoms with Gasteiger partial charge in [0.1, 0.15) is 0 Å². The molecule has 2 aromatic rings. The average molecular weight is 271 g/mol. The number of amides is 2. The number of hydrogen-bond acceptors (Lipinski definition) is 3. The van der Waals surface area contributed by atoms with Crippen molar-refractivity contribution in [3.05, 3.63) is 59.9 Å². The summed E-state index contributed by atoms with van der Waals surface area (Å²) in [4.78, 5) is 26.8. The van der Waals surface area contributed by atoms with Crippen LogP contribution in [0.2, 0.25) is 0 Å². The monoisotopic (exact) mass is 271 g/mol. The van der Waals surface area contributed by atoms with Crippen molar-refractivity contribution in [3.8, 4) is 0 Å². The summed E-state index contributed by atoms with van der Waals surface area (Å²) in [6.07, 6.45) is 1.63. The van der Waals surface area contributed by atoms with Crippen LogP contribution in [0.5, 0.6) is 0 Å². The number of pyridine rings is 1. The number of rotatable bonds is 4. The summed E-state index contributed by atoms with van der Waals surface area (Å²) >= 11 is 0. The normalized spacial score (nSPS) is 9.80. The van der Waals surface area contributed by atoms with Gasteiger partial charge in [-0.1, -0.05) is 18.2 Å². The first-order chi connectivity index (χ1) is 9.66. The van der Waals surface area contributed by atoms with Gasteiger partial charge in [-0.05, 0) is 24.3 Å². The van der Waals surface area contributed by atoms with E-state index in [4.69, 9.17) is 5.11 Å². The van der Waals surface area contributed by atoms with Gasteiger partial charge in [-0.2, -0.15) is 0 Å². The lowest BCUT2D eigenvalue weighted by Crippen LogP contribution is -2.29. The number of hydrogen-bond donors (Lipinski definition) is 3. The quantitative estimate of drug-likeness (QED) is 0.794. The standard InChI is InChI=1S/C14H13N3O3/c18-13(19)11-6-1-2-7-12(11)17-14(20)16-9-10-5-3-4-8-15-10/h1-8H,9H2,(H,18,19)(H2,16,17,20). The molecule has 20 heavy (non-hydrogen) atoms. The molecule has 2 amide bonds. The number of nitrogens with one attached hydrogen (secondary N) is 2. The van der Waals surface area contributed by atoms with Crippen LogP contribution in [0.3, 0.4) is 0 Å². The largest absolute Gasteiger partial charge is 0.478 e. The molecule has 102 valence electrons. The van der Waals surface area contributed by atoms with E-state index in [-0.39, 0.29) is 17.8 Å². The molecule has 3 N–H and O–H groups in total. The van der Waals surface area contributed by atoms with Crippen LogP contribution in [-0.2, 0) is 6.54 Å². The van der Waals surface area contributed by atoms with Gasteiger partial charge in [0, 0.05) is 6.20 Å². The number of benzene rings is 1. The predicted molar refractivity (Wildman–Crippen MR) is 73.5 cm³/mol. The molecular formula is C14H13N3O3. The summed E-state index contributed by atoms with van der Waals surface area (Å²) < 4.78 is 0. The third kappa shape index (κ3) is 3.55. The van der Waals surface area contributed by atoms with E-state index in [1.54, 1.807) is 30.5 Å². The van der Waals surface area contributed by atoms with Gasteiger partial charge in [0.15, 0.2) is 0 Å². The van der Waals surface area contributed by atoms with Crippen molar-refractivity contribution < 1.29 is 14.7 Å². The fourth-order valence-corrected chi connectivity index (χ4v) is 1.62. The molecule has 0 atom stereocenters. The third-order valence-corrected chi connectivity index (χ3v) is 2.56. The molecule has 6 heteroatoms. The first-order valence-electron chi connectivity index (χ1n) is 5.94. The average Bonchev–Trinajstić information content (AvgIpc) is 2.46. The Hall–Kier alpha value is -2.89. The maximum absolute atomic E-state index is 11.7. The second kappa shape index (κ2) is 6.33. The molecule has 2 rings (SSSR count). The number of carbonyl (C=O) groups excluding carboxylic acids is 1. The highest BCUT2D eigenvalue weighted by atomic mass is 16.4. The molecule has 0 aliphatic carbocycles. The number of nitrogens with zero attached hydrogens (tertiary/aromatic N) is 1. The summed E-state index contributed by atoms with van der Waals surface area (Å²) in [6, 6.07) is 11.1. The fourth-order valence-electron chi connectivity index (χ4n) is 1.62. The van der Waals surface area contributed by atoms with Crippen LogP contribution in [0.25, 0.3) is 0 Å². The van der Waals surface area contributed by atoms with Crippen LogP contribution >= 0.6 is 0 Å². The Morgan fingerprint density at radius 3 is 2.55 bits per heavy atom. The number of para-hydroxylation sites is 1. The van der Waals surface area contributed by atoms with E-state index in [2.05, 4.69) is 15.6 Å². The van der Waals surface area contributed by atoms with Gasteiger partial charge in [0.2, 0.25) is 0 Å². The molecule has 0 bridgehead atoms. The van der Waals surface area contributed by atoms with Gasteiger partial charge in [0.05, 0.1) is 23.5 Å². The maximum Gasteiger partial charge on any atom is 0.337 e. The highest BCUT2D eigenvalue weighted by Crippen LogP contribution is 2.14. The Bertz CT molecular complexity index is 614. The van der Waals surface area contributed by atoms with Crippen LogP contribution in [0.1, 0.15) is 16.1 Å². The van der Waals surface area contributed by atoms with Crippen molar-refractivity contribution in [1.29, 1.82) is 0 Å². The minimum atomic E-state index is -1.09. The van der Waals surface area contributed by atoms with Crippen molar-refractivity contribution in [3.63, 3.8) is 0 Å². The van der Waals surface area contributed by atoms with E-state index in [0.29, 0.717) is 5.69 Å². The first kappa shape index (κ1) is 13.5. The first-order valence-corrected chi connectivity index (χ1v) is 5.94. The zero-order chi connectivity index (χ0) is 14.4. The Labute approximate surface area is 115 Å². The molecular weight excluding hydrogens is 258 g/mol. The zero-order valence-corrected chi connectivity index (χ0v) is 10.5. The predicted octanol–water partition coefficient (Wildman–Crippen LogP) is 2.10. The van der Waals surface area contributed by atoms with Crippen molar-refractivity contribution in [2.45, 2.75) is 6.54 Å². The van der Waals surface area contributed by atoms with Crippen LogP contribution in [-0.4, -0.2) is 22.1 Å². The van der Waals surface area contributed by atoms with E-state index in [0.717, 1.165) is 0 Å². The number of carbonyl (C=O) groups is 2. The molecule has 6 nitrogen and oxygen atoms in total. The van der Waals surface area contributed by atoms with E-state index in [9.17, 15) is 9.59 Å². The molecule has 0 fully saturated rings. The molecule has 1 aromatic carbocycles. The van der Waals surface area contributed by atoms with E-state index in [1.807, 2.05) is 6.07 Å². The van der Waals surface area contributed by atoms with Crippen molar-refractivity contribution in [1.82, 2.24) is 10.3 Å². The molecule has 0 radical (unpaired) electrons. The molecule has 0 unspecified atom stereocenters. The number of aromatic nitrogens is 1. The minimum absolute atomic E-state index is 0.0421. The summed E-state index contributed by atoms with van der Waals surface area (Å²) in [5.74, 6) is -1.09. The second-order valence-electron chi connectivity index (χ2n) is 3.98. The Balaban J connectivity index is 1.97. The topological polar surface area (TPSA) is 91.3 Å². The highest BCUT2D eigenvalue weighted by Gasteiger charge is 2.11. The van der Waals surface area contributed by atoms with Gasteiger partial charge in [0.25, 0.3) is 0 Å². The lowest BCUT2D eigenvalue weighted by atomic mass is 10.2. The number of anilines is 1. The van der Waals surface area contributed by atoms with E-state index >= 15 is 0 Å². The summed E-state index contributed by atoms with van der Waals surface area (Å²) in [6.45, 7) is 0.266. The van der Waals surface area contributed by atoms with Crippen LogP contribution in [0.15, 0.2) is 48.7 Å². The number of aromatic carboxylic acids is 1. The zero-order valence-electron chi connectivity index (χ0n) is 10.5. The van der Waals surface area contributed by atoms with Crippen LogP contribution in [0.4, 0.5) is 10.5 Å². The molecule has 0 aliphatic rings. The Kier molecular flexibility index (Phi) is 4.28. The molecule has 0 aliphatic heterocycles. The molecule has 0 saturated carbocycles. The van der Waals surface area contributed by atoms with Crippen LogP contribution < -0.4 is 10.6 Å². The summed E-state index contributed by atoms with van der Waals surface area (Å²) in [7, 11) is 0. The van der Waals surface area contributed by atoms with Gasteiger partial charge in [-0.15, -0.1) is 0 Å². The van der Waals surface area contributed by atoms with Gasteiger partial charge < -0.3 is 15.7 Å². The third-order valence-electron chi connectivity index (χ3n) is 2.56. The van der Waals surface area contributed by atoms with Crippen molar-refractivity contribution >= 4 is 17.7 Å². The van der Waals surface area contributed by atoms with E-state index < -0.39 is 12.0 Å². The molecule has 0 spiro atoms. The van der Waals surface area contributed by atoms with Crippen molar-refractivity contribution in [2.75, 3.05) is 5.32 Å². The number of carboxylic acids is 1. The lowest BCUT2D eigenvalue weighted by Gasteiger charge is -2.09. The summed E-state index contributed by atoms with van der Waals surface area (Å²) in [5, 5.41) is 14.1. The Morgan fingerprint density at radius 2 is 1.85 bits per heavy atom. The maximum atomic E-state index is 11.7. The van der Waals surface area contributed by atoms with Gasteiger partial charge in [-0.25, -0.2) is 9.59 Å². The number of carboxylic acid groups (broad SMARTS) is 1. The molecule has 1 heterocycles. The fraction of sp³-hybridized carbons (Fsp3) is 0.0714. The SMILES string of the molecule is O=C(NCc1ccccn1)Nc1ccccc1C(=O)O. The smallest absolute Gasteiger partial charge is 0.337 e. The summed E-state index contributed by atoms with van der Waals surface area (Å²) in [5.41, 5.74) is 1.01. The van der Waals surface area contributed by atoms with Gasteiger partial charge >= 0.3 is 12.0 Å². The molecule has 1 aromatic heterocycles. The second-order valence-corrected chi connectivity index (χ2v) is 3.98. The van der Waals surface area contributed by atoms with Crippen molar-refractivity contribution in [2.24, 2.45) is 0 Å². The number of urea groups is 1.